The van der Waals surface area contributed by atoms with Gasteiger partial charge in [-0.05, 0) is 12.1 Å². The van der Waals surface area contributed by atoms with Crippen LogP contribution in [-0.4, -0.2) is 18.4 Å². The van der Waals surface area contributed by atoms with Gasteiger partial charge in [0.2, 0.25) is 0 Å². The summed E-state index contributed by atoms with van der Waals surface area (Å²) in [6.07, 6.45) is 1.50. The molecular weight excluding hydrogens is 456 g/mol. The second kappa shape index (κ2) is 6.95. The van der Waals surface area contributed by atoms with E-state index < -0.39 is 10.0 Å². The Bertz CT molecular complexity index is 993. The van der Waals surface area contributed by atoms with Crippen molar-refractivity contribution in [2.45, 2.75) is 4.90 Å². The average molecular weight is 461 g/mol. The molecule has 0 spiro atoms. The predicted octanol–water partition coefficient (Wildman–Crippen LogP) is 5.68. The van der Waals surface area contributed by atoms with Crippen molar-refractivity contribution in [1.29, 1.82) is 0 Å². The van der Waals surface area contributed by atoms with Gasteiger partial charge >= 0.3 is 0 Å². The number of anilines is 1. The number of benzene rings is 1. The Balaban J connectivity index is 1.92. The van der Waals surface area contributed by atoms with Crippen molar-refractivity contribution >= 4 is 84.2 Å². The Morgan fingerprint density at radius 1 is 1.08 bits per heavy atom. The lowest BCUT2D eigenvalue weighted by Gasteiger charge is -2.09. The molecule has 0 aliphatic heterocycles. The number of nitrogens with zero attached hydrogens (tertiary/aromatic N) is 2. The Kier molecular flexibility index (Phi) is 5.27. The van der Waals surface area contributed by atoms with E-state index in [1.807, 2.05) is 0 Å². The predicted molar refractivity (Wildman–Crippen MR) is 101 cm³/mol. The van der Waals surface area contributed by atoms with Crippen LogP contribution in [0.5, 0.6) is 0 Å². The first kappa shape index (κ1) is 18.2. The molecule has 0 bridgehead atoms. The van der Waals surface area contributed by atoms with E-state index in [1.165, 1.54) is 29.7 Å². The third-order valence-corrected chi connectivity index (χ3v) is 7.16. The van der Waals surface area contributed by atoms with Crippen LogP contribution in [-0.2, 0) is 10.0 Å². The van der Waals surface area contributed by atoms with Gasteiger partial charge < -0.3 is 0 Å². The highest BCUT2D eigenvalue weighted by Crippen LogP contribution is 2.35. The fourth-order valence-electron chi connectivity index (χ4n) is 1.74. The molecule has 0 atom stereocenters. The molecule has 2 aromatic heterocycles. The van der Waals surface area contributed by atoms with Crippen LogP contribution in [0.3, 0.4) is 0 Å². The molecular formula is C12H5Cl4N3O2S3. The molecule has 0 amide bonds. The zero-order chi connectivity index (χ0) is 17.5. The summed E-state index contributed by atoms with van der Waals surface area (Å²) in [5, 5.41) is 2.48. The van der Waals surface area contributed by atoms with Gasteiger partial charge in [-0.15, -0.1) is 22.7 Å². The smallest absolute Gasteiger partial charge is 0.255 e. The molecule has 1 aromatic carbocycles. The number of nitrogens with one attached hydrogen (secondary N) is 1. The number of hydrogen-bond donors (Lipinski definition) is 1. The van der Waals surface area contributed by atoms with E-state index >= 15 is 0 Å². The van der Waals surface area contributed by atoms with Crippen molar-refractivity contribution in [2.75, 3.05) is 4.72 Å². The zero-order valence-corrected chi connectivity index (χ0v) is 16.7. The number of aromatic nitrogens is 2. The highest BCUT2D eigenvalue weighted by Gasteiger charge is 2.24. The first-order chi connectivity index (χ1) is 11.3. The number of rotatable bonds is 4. The van der Waals surface area contributed by atoms with E-state index in [2.05, 4.69) is 14.7 Å². The molecule has 0 fully saturated rings. The Hall–Kier alpha value is -0.610. The summed E-state index contributed by atoms with van der Waals surface area (Å²) in [5.41, 5.74) is 0.517. The Morgan fingerprint density at radius 2 is 1.75 bits per heavy atom. The standard InChI is InChI=1S/C12H5Cl4N3O2S3/c13-5-1-6(14)10(7(15)2-5)24(20,21)19-12-18-8(4-22-12)11-17-3-9(16)23-11/h1-4H,(H,18,19). The number of hydrogen-bond acceptors (Lipinski definition) is 6. The van der Waals surface area contributed by atoms with E-state index in [9.17, 15) is 8.42 Å². The second-order valence-corrected chi connectivity index (χ2v) is 9.70. The van der Waals surface area contributed by atoms with Crippen LogP contribution in [0.4, 0.5) is 5.13 Å². The normalized spacial score (nSPS) is 11.7. The second-order valence-electron chi connectivity index (χ2n) is 4.31. The lowest BCUT2D eigenvalue weighted by Crippen LogP contribution is -2.14. The summed E-state index contributed by atoms with van der Waals surface area (Å²) in [4.78, 5) is 8.02. The lowest BCUT2D eigenvalue weighted by atomic mass is 10.4. The molecule has 2 heterocycles. The van der Waals surface area contributed by atoms with Crippen LogP contribution >= 0.6 is 69.1 Å². The minimum absolute atomic E-state index is 0.0801. The zero-order valence-electron chi connectivity index (χ0n) is 11.3. The molecule has 5 nitrogen and oxygen atoms in total. The largest absolute Gasteiger partial charge is 0.266 e. The van der Waals surface area contributed by atoms with Crippen molar-refractivity contribution in [3.63, 3.8) is 0 Å². The van der Waals surface area contributed by atoms with Gasteiger partial charge in [-0.3, -0.25) is 4.72 Å². The highest BCUT2D eigenvalue weighted by molar-refractivity contribution is 7.93. The van der Waals surface area contributed by atoms with E-state index in [0.717, 1.165) is 11.3 Å². The first-order valence-corrected chi connectivity index (χ1v) is 10.7. The van der Waals surface area contributed by atoms with Crippen molar-refractivity contribution in [1.82, 2.24) is 9.97 Å². The van der Waals surface area contributed by atoms with Crippen LogP contribution < -0.4 is 4.72 Å². The molecule has 126 valence electrons. The van der Waals surface area contributed by atoms with Crippen LogP contribution in [0.2, 0.25) is 19.4 Å². The van der Waals surface area contributed by atoms with Gasteiger partial charge in [0.1, 0.15) is 19.9 Å². The summed E-state index contributed by atoms with van der Waals surface area (Å²) in [6, 6.07) is 2.60. The van der Waals surface area contributed by atoms with Crippen molar-refractivity contribution < 1.29 is 8.42 Å². The summed E-state index contributed by atoms with van der Waals surface area (Å²) in [7, 11) is -4.02. The SMILES string of the molecule is O=S(=O)(Nc1nc(-c2ncc(Cl)s2)cs1)c1c(Cl)cc(Cl)cc1Cl. The summed E-state index contributed by atoms with van der Waals surface area (Å²) in [5.74, 6) is 0. The van der Waals surface area contributed by atoms with Crippen LogP contribution in [0.15, 0.2) is 28.6 Å². The minimum Gasteiger partial charge on any atom is -0.255 e. The number of halogens is 4. The third-order valence-electron chi connectivity index (χ3n) is 2.65. The van der Waals surface area contributed by atoms with E-state index in [1.54, 1.807) is 5.38 Å². The molecule has 0 saturated heterocycles. The molecule has 3 aromatic rings. The van der Waals surface area contributed by atoms with Crippen LogP contribution in [0, 0.1) is 0 Å². The van der Waals surface area contributed by atoms with Gasteiger partial charge in [0, 0.05) is 10.4 Å². The monoisotopic (exact) mass is 459 g/mol. The van der Waals surface area contributed by atoms with Crippen molar-refractivity contribution in [3.05, 3.63) is 43.1 Å². The maximum absolute atomic E-state index is 12.5. The highest BCUT2D eigenvalue weighted by atomic mass is 35.5. The summed E-state index contributed by atoms with van der Waals surface area (Å²) in [6.45, 7) is 0. The molecule has 0 unspecified atom stereocenters. The lowest BCUT2D eigenvalue weighted by molar-refractivity contribution is 0.601. The van der Waals surface area contributed by atoms with Gasteiger partial charge in [-0.1, -0.05) is 46.4 Å². The van der Waals surface area contributed by atoms with Gasteiger partial charge in [0.05, 0.1) is 16.2 Å². The molecule has 0 aliphatic rings. The molecule has 0 radical (unpaired) electrons. The first-order valence-electron chi connectivity index (χ1n) is 6.01. The Labute approximate surface area is 165 Å². The van der Waals surface area contributed by atoms with E-state index in [4.69, 9.17) is 46.4 Å². The fourth-order valence-corrected chi connectivity index (χ4v) is 6.19. The van der Waals surface area contributed by atoms with Gasteiger partial charge in [0.25, 0.3) is 10.0 Å². The van der Waals surface area contributed by atoms with Gasteiger partial charge in [0.15, 0.2) is 5.13 Å². The van der Waals surface area contributed by atoms with E-state index in [-0.39, 0.29) is 25.1 Å². The molecule has 0 aliphatic carbocycles. The van der Waals surface area contributed by atoms with Crippen LogP contribution in [0.25, 0.3) is 10.7 Å². The molecule has 12 heteroatoms. The Morgan fingerprint density at radius 3 is 2.33 bits per heavy atom. The number of thiazole rings is 2. The molecule has 3 rings (SSSR count). The average Bonchev–Trinajstić information content (AvgIpc) is 3.05. The molecule has 1 N–H and O–H groups in total. The summed E-state index contributed by atoms with van der Waals surface area (Å²) < 4.78 is 27.9. The van der Waals surface area contributed by atoms with Crippen molar-refractivity contribution in [3.8, 4) is 10.7 Å². The topological polar surface area (TPSA) is 72.0 Å². The minimum atomic E-state index is -4.02. The van der Waals surface area contributed by atoms with Crippen LogP contribution in [0.1, 0.15) is 0 Å². The van der Waals surface area contributed by atoms with Gasteiger partial charge in [-0.25, -0.2) is 18.4 Å². The van der Waals surface area contributed by atoms with Crippen molar-refractivity contribution in [2.24, 2.45) is 0 Å². The maximum atomic E-state index is 12.5. The molecule has 24 heavy (non-hydrogen) atoms. The molecule has 0 saturated carbocycles. The quantitative estimate of drug-likeness (QED) is 0.543. The maximum Gasteiger partial charge on any atom is 0.266 e. The fraction of sp³-hybridized carbons (Fsp3) is 0. The number of sulfonamides is 1. The van der Waals surface area contributed by atoms with E-state index in [0.29, 0.717) is 15.0 Å². The van der Waals surface area contributed by atoms with Gasteiger partial charge in [-0.2, -0.15) is 0 Å². The summed E-state index contributed by atoms with van der Waals surface area (Å²) >= 11 is 25.9. The third kappa shape index (κ3) is 3.80.